The van der Waals surface area contributed by atoms with E-state index in [1.54, 1.807) is 0 Å². The van der Waals surface area contributed by atoms with Gasteiger partial charge in [-0.2, -0.15) is 0 Å². The maximum Gasteiger partial charge on any atom is 0.229 e. The molecule has 1 aliphatic rings. The van der Waals surface area contributed by atoms with Gasteiger partial charge in [0.2, 0.25) is 5.91 Å². The van der Waals surface area contributed by atoms with Crippen molar-refractivity contribution in [3.05, 3.63) is 52.9 Å². The smallest absolute Gasteiger partial charge is 0.229 e. The van der Waals surface area contributed by atoms with Gasteiger partial charge >= 0.3 is 0 Å². The van der Waals surface area contributed by atoms with Gasteiger partial charge in [0.1, 0.15) is 0 Å². The lowest BCUT2D eigenvalue weighted by atomic mass is 10.1. The summed E-state index contributed by atoms with van der Waals surface area (Å²) in [5.41, 5.74) is 2.49. The lowest BCUT2D eigenvalue weighted by molar-refractivity contribution is -0.119. The number of fused-ring (bicyclic) bond motifs is 1. The molecule has 1 aromatic carbocycles. The Bertz CT molecular complexity index is 605. The van der Waals surface area contributed by atoms with Crippen LogP contribution in [0.5, 0.6) is 0 Å². The van der Waals surface area contributed by atoms with Crippen LogP contribution in [0.4, 0.5) is 5.82 Å². The Labute approximate surface area is 115 Å². The minimum absolute atomic E-state index is 0.0569. The minimum Gasteiger partial charge on any atom is -0.308 e. The Morgan fingerprint density at radius 1 is 1.16 bits per heavy atom. The van der Waals surface area contributed by atoms with E-state index in [1.165, 1.54) is 23.5 Å². The van der Waals surface area contributed by atoms with Crippen LogP contribution in [0.15, 0.2) is 36.7 Å². The highest BCUT2D eigenvalue weighted by molar-refractivity contribution is 6.32. The zero-order chi connectivity index (χ0) is 13.2. The fourth-order valence-electron chi connectivity index (χ4n) is 2.37. The number of nitrogens with zero attached hydrogens (tertiary/aromatic N) is 2. The molecule has 0 radical (unpaired) electrons. The van der Waals surface area contributed by atoms with Crippen LogP contribution in [0, 0.1) is 5.92 Å². The third kappa shape index (κ3) is 2.44. The van der Waals surface area contributed by atoms with Gasteiger partial charge in [-0.25, -0.2) is 9.97 Å². The Kier molecular flexibility index (Phi) is 3.17. The van der Waals surface area contributed by atoms with Gasteiger partial charge in [-0.3, -0.25) is 4.79 Å². The molecular formula is C14H12ClN3O. The molecule has 5 heteroatoms. The number of carbonyl (C=O) groups is 1. The number of aromatic nitrogens is 2. The minimum atomic E-state index is -0.0597. The number of halogens is 1. The number of nitrogens with one attached hydrogen (secondary N) is 1. The zero-order valence-corrected chi connectivity index (χ0v) is 10.9. The lowest BCUT2D eigenvalue weighted by Crippen LogP contribution is -2.24. The molecule has 0 spiro atoms. The predicted octanol–water partition coefficient (Wildman–Crippen LogP) is 2.48. The van der Waals surface area contributed by atoms with E-state index < -0.39 is 0 Å². The molecule has 1 amide bonds. The second-order valence-electron chi connectivity index (χ2n) is 4.56. The third-order valence-electron chi connectivity index (χ3n) is 3.32. The van der Waals surface area contributed by atoms with Crippen LogP contribution in [0.3, 0.4) is 0 Å². The Hall–Kier alpha value is -1.94. The number of hydrogen-bond acceptors (Lipinski definition) is 3. The maximum atomic E-state index is 12.2. The van der Waals surface area contributed by atoms with Gasteiger partial charge in [0.25, 0.3) is 0 Å². The van der Waals surface area contributed by atoms with Crippen LogP contribution >= 0.6 is 11.6 Å². The van der Waals surface area contributed by atoms with Gasteiger partial charge in [0, 0.05) is 18.3 Å². The van der Waals surface area contributed by atoms with E-state index in [1.807, 2.05) is 12.1 Å². The van der Waals surface area contributed by atoms with Gasteiger partial charge in [0.05, 0.1) is 0 Å². The molecule has 1 heterocycles. The first-order chi connectivity index (χ1) is 9.24. The average Bonchev–Trinajstić information content (AvgIpc) is 2.85. The Balaban J connectivity index is 1.72. The van der Waals surface area contributed by atoms with E-state index in [-0.39, 0.29) is 17.0 Å². The standard InChI is InChI=1S/C14H12ClN3O/c15-12-13(17-6-5-16-12)18-14(19)11-7-9-3-1-2-4-10(9)8-11/h1-6,11H,7-8H2,(H,17,18,19). The third-order valence-corrected chi connectivity index (χ3v) is 3.59. The van der Waals surface area contributed by atoms with Gasteiger partial charge in [-0.1, -0.05) is 35.9 Å². The van der Waals surface area contributed by atoms with Crippen molar-refractivity contribution in [2.24, 2.45) is 5.92 Å². The van der Waals surface area contributed by atoms with Crippen LogP contribution in [-0.2, 0) is 17.6 Å². The fraction of sp³-hybridized carbons (Fsp3) is 0.214. The SMILES string of the molecule is O=C(Nc1nccnc1Cl)C1Cc2ccccc2C1. The van der Waals surface area contributed by atoms with Crippen molar-refractivity contribution in [1.29, 1.82) is 0 Å². The molecule has 0 bridgehead atoms. The molecule has 3 rings (SSSR count). The van der Waals surface area contributed by atoms with Crippen LogP contribution in [0.1, 0.15) is 11.1 Å². The lowest BCUT2D eigenvalue weighted by Gasteiger charge is -2.10. The maximum absolute atomic E-state index is 12.2. The summed E-state index contributed by atoms with van der Waals surface area (Å²) in [6.45, 7) is 0. The second kappa shape index (κ2) is 4.97. The van der Waals surface area contributed by atoms with Crippen molar-refractivity contribution in [2.45, 2.75) is 12.8 Å². The Morgan fingerprint density at radius 3 is 2.42 bits per heavy atom. The van der Waals surface area contributed by atoms with Crippen LogP contribution < -0.4 is 5.32 Å². The van der Waals surface area contributed by atoms with Crippen LogP contribution in [0.25, 0.3) is 0 Å². The van der Waals surface area contributed by atoms with E-state index >= 15 is 0 Å². The molecule has 96 valence electrons. The molecule has 0 saturated carbocycles. The number of carbonyl (C=O) groups excluding carboxylic acids is 1. The molecule has 0 fully saturated rings. The summed E-state index contributed by atoms with van der Waals surface area (Å²) < 4.78 is 0. The molecular weight excluding hydrogens is 262 g/mol. The van der Waals surface area contributed by atoms with Gasteiger partial charge in [0.15, 0.2) is 11.0 Å². The Morgan fingerprint density at radius 2 is 1.79 bits per heavy atom. The van der Waals surface area contributed by atoms with Crippen molar-refractivity contribution >= 4 is 23.3 Å². The summed E-state index contributed by atoms with van der Waals surface area (Å²) in [6, 6.07) is 8.13. The van der Waals surface area contributed by atoms with Crippen molar-refractivity contribution in [2.75, 3.05) is 5.32 Å². The normalized spacial score (nSPS) is 14.2. The van der Waals surface area contributed by atoms with E-state index in [9.17, 15) is 4.79 Å². The summed E-state index contributed by atoms with van der Waals surface area (Å²) in [6.07, 6.45) is 4.52. The number of anilines is 1. The molecule has 0 atom stereocenters. The summed E-state index contributed by atoms with van der Waals surface area (Å²) in [5.74, 6) is 0.208. The monoisotopic (exact) mass is 273 g/mol. The zero-order valence-electron chi connectivity index (χ0n) is 10.1. The summed E-state index contributed by atoms with van der Waals surface area (Å²) in [7, 11) is 0. The first-order valence-corrected chi connectivity index (χ1v) is 6.46. The predicted molar refractivity (Wildman–Crippen MR) is 73.0 cm³/mol. The summed E-state index contributed by atoms with van der Waals surface area (Å²) >= 11 is 5.88. The molecule has 19 heavy (non-hydrogen) atoms. The first-order valence-electron chi connectivity index (χ1n) is 6.08. The molecule has 1 aromatic heterocycles. The number of benzene rings is 1. The fourth-order valence-corrected chi connectivity index (χ4v) is 2.52. The quantitative estimate of drug-likeness (QED) is 0.915. The summed E-state index contributed by atoms with van der Waals surface area (Å²) in [5, 5.41) is 2.96. The molecule has 0 unspecified atom stereocenters. The molecule has 2 aromatic rings. The molecule has 0 aliphatic heterocycles. The van der Waals surface area contributed by atoms with Crippen molar-refractivity contribution < 1.29 is 4.79 Å². The van der Waals surface area contributed by atoms with Crippen molar-refractivity contribution in [3.63, 3.8) is 0 Å². The second-order valence-corrected chi connectivity index (χ2v) is 4.92. The van der Waals surface area contributed by atoms with E-state index in [0.717, 1.165) is 12.8 Å². The molecule has 1 N–H and O–H groups in total. The average molecular weight is 274 g/mol. The topological polar surface area (TPSA) is 54.9 Å². The molecule has 4 nitrogen and oxygen atoms in total. The number of amides is 1. The van der Waals surface area contributed by atoms with Gasteiger partial charge < -0.3 is 5.32 Å². The van der Waals surface area contributed by atoms with E-state index in [0.29, 0.717) is 5.82 Å². The first kappa shape index (κ1) is 12.1. The van der Waals surface area contributed by atoms with Crippen LogP contribution in [-0.4, -0.2) is 15.9 Å². The highest BCUT2D eigenvalue weighted by atomic mass is 35.5. The van der Waals surface area contributed by atoms with Gasteiger partial charge in [-0.05, 0) is 24.0 Å². The molecule has 1 aliphatic carbocycles. The van der Waals surface area contributed by atoms with Crippen LogP contribution in [0.2, 0.25) is 5.15 Å². The van der Waals surface area contributed by atoms with E-state index in [2.05, 4.69) is 27.4 Å². The van der Waals surface area contributed by atoms with Crippen molar-refractivity contribution in [3.8, 4) is 0 Å². The number of hydrogen-bond donors (Lipinski definition) is 1. The van der Waals surface area contributed by atoms with Gasteiger partial charge in [-0.15, -0.1) is 0 Å². The van der Waals surface area contributed by atoms with Crippen molar-refractivity contribution in [1.82, 2.24) is 9.97 Å². The summed E-state index contributed by atoms with van der Waals surface area (Å²) in [4.78, 5) is 20.1. The molecule has 0 saturated heterocycles. The largest absolute Gasteiger partial charge is 0.308 e. The van der Waals surface area contributed by atoms with E-state index in [4.69, 9.17) is 11.6 Å². The highest BCUT2D eigenvalue weighted by Gasteiger charge is 2.27. The number of rotatable bonds is 2. The highest BCUT2D eigenvalue weighted by Crippen LogP contribution is 2.27.